The second-order valence-electron chi connectivity index (χ2n) is 4.46. The van der Waals surface area contributed by atoms with E-state index in [9.17, 15) is 10.2 Å². The molecule has 1 saturated heterocycles. The van der Waals surface area contributed by atoms with E-state index in [0.29, 0.717) is 5.65 Å². The third-order valence-electron chi connectivity index (χ3n) is 3.27. The van der Waals surface area contributed by atoms with Gasteiger partial charge in [-0.1, -0.05) is 0 Å². The maximum absolute atomic E-state index is 9.98. The van der Waals surface area contributed by atoms with Crippen molar-refractivity contribution in [1.82, 2.24) is 19.7 Å². The van der Waals surface area contributed by atoms with Crippen LogP contribution in [0.4, 0.5) is 0 Å². The molecule has 0 amide bonds. The summed E-state index contributed by atoms with van der Waals surface area (Å²) in [5.41, 5.74) is 0.488. The summed E-state index contributed by atoms with van der Waals surface area (Å²) in [6, 6.07) is 0. The van der Waals surface area contributed by atoms with Gasteiger partial charge >= 0.3 is 0 Å². The number of rotatable bonds is 3. The normalized spacial score (nSPS) is 30.2. The molecule has 3 rings (SSSR count). The first-order chi connectivity index (χ1) is 9.65. The van der Waals surface area contributed by atoms with Gasteiger partial charge in [0.2, 0.25) is 0 Å². The van der Waals surface area contributed by atoms with Crippen molar-refractivity contribution in [3.8, 4) is 0 Å². The second-order valence-corrected chi connectivity index (χ2v) is 5.25. The molecule has 0 saturated carbocycles. The van der Waals surface area contributed by atoms with Gasteiger partial charge in [0.25, 0.3) is 0 Å². The van der Waals surface area contributed by atoms with Crippen LogP contribution in [0.2, 0.25) is 0 Å². The van der Waals surface area contributed by atoms with E-state index in [1.54, 1.807) is 6.20 Å². The summed E-state index contributed by atoms with van der Waals surface area (Å²) in [5.74, 6) is 0. The van der Waals surface area contributed by atoms with Gasteiger partial charge in [0.1, 0.15) is 29.7 Å². The average molecular weight is 298 g/mol. The van der Waals surface area contributed by atoms with Crippen LogP contribution < -0.4 is 0 Å². The zero-order valence-corrected chi connectivity index (χ0v) is 11.4. The minimum Gasteiger partial charge on any atom is -0.394 e. The van der Waals surface area contributed by atoms with Crippen molar-refractivity contribution in [2.75, 3.05) is 12.9 Å². The molecule has 8 nitrogen and oxygen atoms in total. The van der Waals surface area contributed by atoms with Crippen LogP contribution in [-0.4, -0.2) is 66.2 Å². The van der Waals surface area contributed by atoms with Crippen molar-refractivity contribution in [3.63, 3.8) is 0 Å². The van der Waals surface area contributed by atoms with Crippen LogP contribution in [0.5, 0.6) is 0 Å². The third-order valence-corrected chi connectivity index (χ3v) is 3.98. The molecule has 20 heavy (non-hydrogen) atoms. The molecule has 2 aromatic rings. The van der Waals surface area contributed by atoms with Crippen LogP contribution in [0, 0.1) is 0 Å². The van der Waals surface area contributed by atoms with Gasteiger partial charge in [-0.3, -0.25) is 0 Å². The van der Waals surface area contributed by atoms with Gasteiger partial charge in [-0.15, -0.1) is 16.9 Å². The summed E-state index contributed by atoms with van der Waals surface area (Å²) in [4.78, 5) is 8.20. The number of aliphatic hydroxyl groups excluding tert-OH is 3. The van der Waals surface area contributed by atoms with Crippen molar-refractivity contribution in [2.24, 2.45) is 0 Å². The topological polar surface area (TPSA) is 114 Å². The molecule has 1 fully saturated rings. The molecule has 0 spiro atoms. The van der Waals surface area contributed by atoms with Crippen LogP contribution >= 0.6 is 11.8 Å². The van der Waals surface area contributed by atoms with Crippen molar-refractivity contribution < 1.29 is 20.1 Å². The van der Waals surface area contributed by atoms with E-state index in [4.69, 9.17) is 9.84 Å². The lowest BCUT2D eigenvalue weighted by atomic mass is 10.1. The molecule has 9 heteroatoms. The first-order valence-electron chi connectivity index (χ1n) is 6.02. The van der Waals surface area contributed by atoms with Crippen molar-refractivity contribution in [1.29, 1.82) is 0 Å². The molecule has 0 bridgehead atoms. The van der Waals surface area contributed by atoms with Gasteiger partial charge in [-0.05, 0) is 6.26 Å². The highest BCUT2D eigenvalue weighted by Crippen LogP contribution is 2.31. The largest absolute Gasteiger partial charge is 0.394 e. The molecule has 0 aliphatic carbocycles. The fraction of sp³-hybridized carbons (Fsp3) is 0.545. The first kappa shape index (κ1) is 13.7. The van der Waals surface area contributed by atoms with E-state index in [2.05, 4.69) is 15.1 Å². The van der Waals surface area contributed by atoms with Crippen LogP contribution in [0.15, 0.2) is 17.6 Å². The minimum atomic E-state index is -1.16. The van der Waals surface area contributed by atoms with E-state index in [-0.39, 0.29) is 6.61 Å². The molecule has 0 radical (unpaired) electrons. The zero-order valence-electron chi connectivity index (χ0n) is 10.6. The summed E-state index contributed by atoms with van der Waals surface area (Å²) in [7, 11) is 0. The molecule has 2 aromatic heterocycles. The Hall–Kier alpha value is -1.26. The lowest BCUT2D eigenvalue weighted by Gasteiger charge is -2.14. The van der Waals surface area contributed by atoms with E-state index in [1.807, 2.05) is 6.26 Å². The highest BCUT2D eigenvalue weighted by atomic mass is 32.2. The highest BCUT2D eigenvalue weighted by Gasteiger charge is 2.43. The fourth-order valence-corrected chi connectivity index (χ4v) is 2.74. The second kappa shape index (κ2) is 5.26. The molecule has 3 N–H and O–H groups in total. The maximum atomic E-state index is 9.98. The standard InChI is InChI=1S/C11H14N4O4S/c1-20-10-5-2-15(14-9(5)12-4-13-10)11-8(18)7(17)6(3-16)19-11/h2,4,6-8,11,16-18H,3H2,1H3/t6-,7+,8+,11-/m0/s1. The predicted octanol–water partition coefficient (Wildman–Crippen LogP) is -0.840. The lowest BCUT2D eigenvalue weighted by molar-refractivity contribution is -0.0583. The summed E-state index contributed by atoms with van der Waals surface area (Å²) in [6.45, 7) is -0.370. The van der Waals surface area contributed by atoms with Crippen molar-refractivity contribution in [3.05, 3.63) is 12.5 Å². The number of ether oxygens (including phenoxy) is 1. The third kappa shape index (κ3) is 2.07. The Bertz CT molecular complexity index is 621. The van der Waals surface area contributed by atoms with Gasteiger partial charge < -0.3 is 20.1 Å². The Morgan fingerprint density at radius 3 is 2.80 bits per heavy atom. The molecule has 1 aliphatic rings. The van der Waals surface area contributed by atoms with E-state index in [0.717, 1.165) is 10.4 Å². The summed E-state index contributed by atoms with van der Waals surface area (Å²) in [5, 5.41) is 34.6. The fourth-order valence-electron chi connectivity index (χ4n) is 2.23. The molecular weight excluding hydrogens is 284 g/mol. The Balaban J connectivity index is 1.99. The molecule has 0 aromatic carbocycles. The maximum Gasteiger partial charge on any atom is 0.185 e. The smallest absolute Gasteiger partial charge is 0.185 e. The van der Waals surface area contributed by atoms with Crippen LogP contribution in [0.3, 0.4) is 0 Å². The number of thioether (sulfide) groups is 1. The average Bonchev–Trinajstić information content (AvgIpc) is 3.01. The number of hydrogen-bond acceptors (Lipinski definition) is 8. The lowest BCUT2D eigenvalue weighted by Crippen LogP contribution is -2.33. The Kier molecular flexibility index (Phi) is 3.61. The first-order valence-corrected chi connectivity index (χ1v) is 7.24. The number of aromatic nitrogens is 4. The molecule has 108 valence electrons. The summed E-state index contributed by atoms with van der Waals surface area (Å²) in [6.07, 6.45) is 0.991. The van der Waals surface area contributed by atoms with Crippen molar-refractivity contribution in [2.45, 2.75) is 29.6 Å². The Morgan fingerprint density at radius 2 is 2.15 bits per heavy atom. The van der Waals surface area contributed by atoms with E-state index >= 15 is 0 Å². The number of hydrogen-bond donors (Lipinski definition) is 3. The highest BCUT2D eigenvalue weighted by molar-refractivity contribution is 7.98. The number of aliphatic hydroxyl groups is 3. The predicted molar refractivity (Wildman–Crippen MR) is 70.1 cm³/mol. The van der Waals surface area contributed by atoms with Crippen LogP contribution in [-0.2, 0) is 4.74 Å². The van der Waals surface area contributed by atoms with Crippen LogP contribution in [0.25, 0.3) is 11.0 Å². The summed E-state index contributed by atoms with van der Waals surface area (Å²) < 4.78 is 6.83. The van der Waals surface area contributed by atoms with Gasteiger partial charge in [-0.25, -0.2) is 14.6 Å². The summed E-state index contributed by atoms with van der Waals surface area (Å²) >= 11 is 1.46. The number of nitrogens with zero attached hydrogens (tertiary/aromatic N) is 4. The van der Waals surface area contributed by atoms with Gasteiger partial charge in [-0.2, -0.15) is 0 Å². The molecular formula is C11H14N4O4S. The minimum absolute atomic E-state index is 0.370. The Labute approximate surface area is 118 Å². The van der Waals surface area contributed by atoms with E-state index in [1.165, 1.54) is 22.8 Å². The molecule has 4 atom stereocenters. The molecule has 3 heterocycles. The van der Waals surface area contributed by atoms with Gasteiger partial charge in [0, 0.05) is 6.20 Å². The van der Waals surface area contributed by atoms with E-state index < -0.39 is 24.5 Å². The number of fused-ring (bicyclic) bond motifs is 1. The quantitative estimate of drug-likeness (QED) is 0.496. The molecule has 1 aliphatic heterocycles. The van der Waals surface area contributed by atoms with Gasteiger partial charge in [0.15, 0.2) is 11.9 Å². The Morgan fingerprint density at radius 1 is 1.35 bits per heavy atom. The van der Waals surface area contributed by atoms with Crippen LogP contribution in [0.1, 0.15) is 6.23 Å². The zero-order chi connectivity index (χ0) is 14.3. The molecule has 0 unspecified atom stereocenters. The SMILES string of the molecule is CSc1ncnc2nn([C@H]3O[C@@H](CO)[C@@H](O)[C@H]3O)cc12. The van der Waals surface area contributed by atoms with Crippen molar-refractivity contribution >= 4 is 22.8 Å². The van der Waals surface area contributed by atoms with Gasteiger partial charge in [0.05, 0.1) is 12.0 Å². The monoisotopic (exact) mass is 298 g/mol.